The normalized spacial score (nSPS) is 13.6. The first-order valence-electron chi connectivity index (χ1n) is 9.68. The van der Waals surface area contributed by atoms with E-state index in [1.807, 2.05) is 37.5 Å². The molecule has 0 bridgehead atoms. The second-order valence-corrected chi connectivity index (χ2v) is 7.92. The van der Waals surface area contributed by atoms with E-state index in [9.17, 15) is 4.79 Å². The molecule has 0 atom stereocenters. The Kier molecular flexibility index (Phi) is 4.43. The fraction of sp³-hybridized carbons (Fsp3) is 0.238. The van der Waals surface area contributed by atoms with Gasteiger partial charge < -0.3 is 10.2 Å². The number of anilines is 2. The first-order valence-corrected chi connectivity index (χ1v) is 10.1. The monoisotopic (exact) mass is 421 g/mol. The molecule has 1 fully saturated rings. The van der Waals surface area contributed by atoms with Gasteiger partial charge in [-0.05, 0) is 31.0 Å². The minimum absolute atomic E-state index is 0.292. The van der Waals surface area contributed by atoms with Crippen molar-refractivity contribution in [3.63, 3.8) is 0 Å². The van der Waals surface area contributed by atoms with E-state index in [1.165, 1.54) is 19.0 Å². The second-order valence-electron chi connectivity index (χ2n) is 7.48. The number of rotatable bonds is 5. The first kappa shape index (κ1) is 18.6. The van der Waals surface area contributed by atoms with Crippen molar-refractivity contribution < 1.29 is 4.79 Å². The molecule has 5 rings (SSSR count). The van der Waals surface area contributed by atoms with E-state index in [4.69, 9.17) is 11.6 Å². The van der Waals surface area contributed by atoms with Crippen LogP contribution in [0.2, 0.25) is 5.02 Å². The van der Waals surface area contributed by atoms with E-state index in [0.29, 0.717) is 33.7 Å². The topological polar surface area (TPSA) is 80.4 Å². The summed E-state index contributed by atoms with van der Waals surface area (Å²) in [7, 11) is 3.83. The summed E-state index contributed by atoms with van der Waals surface area (Å²) >= 11 is 6.13. The van der Waals surface area contributed by atoms with Gasteiger partial charge in [-0.3, -0.25) is 9.48 Å². The van der Waals surface area contributed by atoms with Crippen LogP contribution in [0.5, 0.6) is 0 Å². The van der Waals surface area contributed by atoms with Gasteiger partial charge in [-0.25, -0.2) is 9.50 Å². The lowest BCUT2D eigenvalue weighted by molar-refractivity contribution is 0.102. The number of nitrogens with zero attached hydrogens (tertiary/aromatic N) is 6. The van der Waals surface area contributed by atoms with Crippen molar-refractivity contribution in [2.45, 2.75) is 18.9 Å². The van der Waals surface area contributed by atoms with Crippen molar-refractivity contribution in [2.75, 3.05) is 17.3 Å². The summed E-state index contributed by atoms with van der Waals surface area (Å²) in [5.41, 5.74) is 2.99. The third-order valence-corrected chi connectivity index (χ3v) is 5.47. The number of aromatic nitrogens is 5. The molecule has 3 heterocycles. The maximum atomic E-state index is 13.1. The highest BCUT2D eigenvalue weighted by atomic mass is 35.5. The van der Waals surface area contributed by atoms with Crippen LogP contribution in [0.4, 0.5) is 11.5 Å². The number of amides is 1. The molecule has 1 aromatic carbocycles. The first-order chi connectivity index (χ1) is 14.5. The average Bonchev–Trinajstić information content (AvgIpc) is 3.39. The molecule has 152 valence electrons. The molecule has 9 heteroatoms. The standard InChI is InChI=1S/C21H20ClN7O/c1-27-12-17(19(26-27)13-4-3-5-14(22)10-13)24-21(30)16-11-23-29-9-8-18(25-20(16)29)28(2)15-6-7-15/h3-5,8-12,15H,6-7H2,1-2H3,(H,24,30). The smallest absolute Gasteiger partial charge is 0.261 e. The largest absolute Gasteiger partial charge is 0.357 e. The molecule has 4 aromatic rings. The van der Waals surface area contributed by atoms with Gasteiger partial charge in [-0.2, -0.15) is 10.2 Å². The molecule has 30 heavy (non-hydrogen) atoms. The predicted molar refractivity (Wildman–Crippen MR) is 116 cm³/mol. The highest BCUT2D eigenvalue weighted by Crippen LogP contribution is 2.30. The van der Waals surface area contributed by atoms with Gasteiger partial charge in [0.05, 0.1) is 11.9 Å². The lowest BCUT2D eigenvalue weighted by atomic mass is 10.1. The van der Waals surface area contributed by atoms with Crippen molar-refractivity contribution in [3.05, 3.63) is 59.5 Å². The van der Waals surface area contributed by atoms with E-state index in [2.05, 4.69) is 25.4 Å². The Hall–Kier alpha value is -3.39. The van der Waals surface area contributed by atoms with Crippen LogP contribution in [0, 0.1) is 0 Å². The quantitative estimate of drug-likeness (QED) is 0.532. The van der Waals surface area contributed by atoms with Crippen molar-refractivity contribution in [2.24, 2.45) is 7.05 Å². The Morgan fingerprint density at radius 1 is 1.30 bits per heavy atom. The summed E-state index contributed by atoms with van der Waals surface area (Å²) in [6, 6.07) is 9.81. The fourth-order valence-electron chi connectivity index (χ4n) is 3.48. The lowest BCUT2D eigenvalue weighted by Gasteiger charge is -2.17. The van der Waals surface area contributed by atoms with Crippen molar-refractivity contribution in [1.29, 1.82) is 0 Å². The Labute approximate surface area is 178 Å². The number of fused-ring (bicyclic) bond motifs is 1. The van der Waals surface area contributed by atoms with Crippen LogP contribution < -0.4 is 10.2 Å². The third-order valence-electron chi connectivity index (χ3n) is 5.23. The van der Waals surface area contributed by atoms with Gasteiger partial charge >= 0.3 is 0 Å². The summed E-state index contributed by atoms with van der Waals surface area (Å²) in [6.45, 7) is 0. The van der Waals surface area contributed by atoms with Gasteiger partial charge in [0.15, 0.2) is 5.65 Å². The van der Waals surface area contributed by atoms with Crippen LogP contribution in [0.15, 0.2) is 48.9 Å². The zero-order valence-electron chi connectivity index (χ0n) is 16.6. The second kappa shape index (κ2) is 7.14. The zero-order chi connectivity index (χ0) is 20.8. The van der Waals surface area contributed by atoms with Gasteiger partial charge in [0, 0.05) is 43.1 Å². The Bertz CT molecular complexity index is 1260. The molecule has 3 aromatic heterocycles. The SMILES string of the molecule is CN(c1ccn2ncc(C(=O)Nc3cn(C)nc3-c3cccc(Cl)c3)c2n1)C1CC1. The number of nitrogens with one attached hydrogen (secondary N) is 1. The number of carbonyl (C=O) groups excluding carboxylic acids is 1. The van der Waals surface area contributed by atoms with E-state index in [1.54, 1.807) is 28.5 Å². The summed E-state index contributed by atoms with van der Waals surface area (Å²) in [5, 5.41) is 12.3. The summed E-state index contributed by atoms with van der Waals surface area (Å²) in [5.74, 6) is 0.542. The molecule has 0 saturated heterocycles. The number of halogens is 1. The third kappa shape index (κ3) is 3.39. The van der Waals surface area contributed by atoms with Crippen molar-refractivity contribution in [1.82, 2.24) is 24.4 Å². The van der Waals surface area contributed by atoms with E-state index in [0.717, 1.165) is 11.4 Å². The van der Waals surface area contributed by atoms with E-state index >= 15 is 0 Å². The van der Waals surface area contributed by atoms with Gasteiger partial charge in [-0.15, -0.1) is 0 Å². The van der Waals surface area contributed by atoms with Crippen molar-refractivity contribution >= 4 is 34.7 Å². The Balaban J connectivity index is 1.47. The zero-order valence-corrected chi connectivity index (χ0v) is 17.3. The van der Waals surface area contributed by atoms with Gasteiger partial charge in [0.2, 0.25) is 0 Å². The fourth-order valence-corrected chi connectivity index (χ4v) is 3.67. The Morgan fingerprint density at radius 3 is 2.90 bits per heavy atom. The molecular formula is C21H20ClN7O. The lowest BCUT2D eigenvalue weighted by Crippen LogP contribution is -2.21. The predicted octanol–water partition coefficient (Wildman–Crippen LogP) is 3.63. The van der Waals surface area contributed by atoms with Crippen LogP contribution in [0.3, 0.4) is 0 Å². The highest BCUT2D eigenvalue weighted by Gasteiger charge is 2.27. The number of aryl methyl sites for hydroxylation is 1. The molecule has 0 radical (unpaired) electrons. The molecule has 1 N–H and O–H groups in total. The molecule has 1 aliphatic carbocycles. The van der Waals surface area contributed by atoms with Crippen LogP contribution in [-0.2, 0) is 7.05 Å². The molecule has 0 aliphatic heterocycles. The van der Waals surface area contributed by atoms with E-state index < -0.39 is 0 Å². The molecule has 8 nitrogen and oxygen atoms in total. The van der Waals surface area contributed by atoms with Crippen LogP contribution in [-0.4, -0.2) is 43.4 Å². The van der Waals surface area contributed by atoms with Gasteiger partial charge in [0.1, 0.15) is 17.1 Å². The minimum Gasteiger partial charge on any atom is -0.357 e. The molecular weight excluding hydrogens is 402 g/mol. The van der Waals surface area contributed by atoms with Crippen LogP contribution in [0.25, 0.3) is 16.9 Å². The minimum atomic E-state index is -0.292. The maximum absolute atomic E-state index is 13.1. The molecule has 1 aliphatic rings. The number of benzene rings is 1. The van der Waals surface area contributed by atoms with Crippen LogP contribution in [0.1, 0.15) is 23.2 Å². The summed E-state index contributed by atoms with van der Waals surface area (Å²) < 4.78 is 3.27. The summed E-state index contributed by atoms with van der Waals surface area (Å²) in [4.78, 5) is 19.9. The molecule has 0 spiro atoms. The van der Waals surface area contributed by atoms with Gasteiger partial charge in [-0.1, -0.05) is 23.7 Å². The van der Waals surface area contributed by atoms with E-state index in [-0.39, 0.29) is 5.91 Å². The molecule has 1 saturated carbocycles. The number of carbonyl (C=O) groups is 1. The van der Waals surface area contributed by atoms with Crippen LogP contribution >= 0.6 is 11.6 Å². The molecule has 1 amide bonds. The average molecular weight is 422 g/mol. The van der Waals surface area contributed by atoms with Gasteiger partial charge in [0.25, 0.3) is 5.91 Å². The van der Waals surface area contributed by atoms with Crippen molar-refractivity contribution in [3.8, 4) is 11.3 Å². The number of hydrogen-bond donors (Lipinski definition) is 1. The molecule has 0 unspecified atom stereocenters. The number of hydrogen-bond acceptors (Lipinski definition) is 5. The maximum Gasteiger partial charge on any atom is 0.261 e. The summed E-state index contributed by atoms with van der Waals surface area (Å²) in [6.07, 6.45) is 7.47. The Morgan fingerprint density at radius 2 is 2.13 bits per heavy atom. The highest BCUT2D eigenvalue weighted by molar-refractivity contribution is 6.30.